The Morgan fingerprint density at radius 1 is 1.07 bits per heavy atom. The van der Waals surface area contributed by atoms with Gasteiger partial charge >= 0.3 is 0 Å². The molecular formula is C22H24FN3O. The van der Waals surface area contributed by atoms with Crippen molar-refractivity contribution in [2.45, 2.75) is 19.4 Å². The van der Waals surface area contributed by atoms with Crippen molar-refractivity contribution in [1.82, 2.24) is 14.8 Å². The van der Waals surface area contributed by atoms with Crippen LogP contribution in [0.5, 0.6) is 0 Å². The van der Waals surface area contributed by atoms with Crippen LogP contribution in [0.25, 0.3) is 10.9 Å². The van der Waals surface area contributed by atoms with Gasteiger partial charge in [-0.15, -0.1) is 0 Å². The lowest BCUT2D eigenvalue weighted by molar-refractivity contribution is 0.0558. The average molecular weight is 365 g/mol. The second kappa shape index (κ2) is 7.53. The van der Waals surface area contributed by atoms with E-state index in [1.165, 1.54) is 12.1 Å². The molecule has 140 valence electrons. The van der Waals surface area contributed by atoms with Gasteiger partial charge < -0.3 is 9.88 Å². The topological polar surface area (TPSA) is 39.3 Å². The minimum Gasteiger partial charge on any atom is -0.351 e. The predicted octanol–water partition coefficient (Wildman–Crippen LogP) is 4.22. The maximum atomic E-state index is 13.2. The van der Waals surface area contributed by atoms with Crippen LogP contribution in [0.15, 0.2) is 54.6 Å². The minimum absolute atomic E-state index is 0.0562. The van der Waals surface area contributed by atoms with E-state index in [4.69, 9.17) is 0 Å². The molecule has 4 rings (SSSR count). The van der Waals surface area contributed by atoms with E-state index in [0.717, 1.165) is 36.0 Å². The van der Waals surface area contributed by atoms with Gasteiger partial charge in [-0.2, -0.15) is 0 Å². The molecule has 0 radical (unpaired) electrons. The summed E-state index contributed by atoms with van der Waals surface area (Å²) in [6.45, 7) is 5.19. The van der Waals surface area contributed by atoms with E-state index in [9.17, 15) is 9.18 Å². The number of hydrogen-bond donors (Lipinski definition) is 1. The number of H-pyrrole nitrogens is 1. The van der Waals surface area contributed by atoms with Gasteiger partial charge in [0.15, 0.2) is 0 Å². The second-order valence-corrected chi connectivity index (χ2v) is 7.07. The highest BCUT2D eigenvalue weighted by atomic mass is 19.1. The summed E-state index contributed by atoms with van der Waals surface area (Å²) in [4.78, 5) is 20.4. The molecule has 5 heteroatoms. The number of amides is 1. The molecule has 1 saturated heterocycles. The first kappa shape index (κ1) is 17.7. The van der Waals surface area contributed by atoms with Gasteiger partial charge in [-0.25, -0.2) is 4.39 Å². The van der Waals surface area contributed by atoms with Gasteiger partial charge in [0, 0.05) is 43.1 Å². The van der Waals surface area contributed by atoms with Crippen molar-refractivity contribution < 1.29 is 9.18 Å². The van der Waals surface area contributed by atoms with Crippen LogP contribution in [0.3, 0.4) is 0 Å². The highest BCUT2D eigenvalue weighted by Crippen LogP contribution is 2.26. The third-order valence-corrected chi connectivity index (χ3v) is 5.44. The summed E-state index contributed by atoms with van der Waals surface area (Å²) < 4.78 is 13.2. The first-order valence-corrected chi connectivity index (χ1v) is 9.52. The Morgan fingerprint density at radius 3 is 2.44 bits per heavy atom. The Bertz CT molecular complexity index is 893. The van der Waals surface area contributed by atoms with Crippen LogP contribution in [0.4, 0.5) is 4.39 Å². The van der Waals surface area contributed by atoms with Crippen molar-refractivity contribution in [3.63, 3.8) is 0 Å². The fraction of sp³-hybridized carbons (Fsp3) is 0.318. The zero-order valence-electron chi connectivity index (χ0n) is 15.5. The summed E-state index contributed by atoms with van der Waals surface area (Å²) in [5.74, 6) is -0.150. The van der Waals surface area contributed by atoms with Gasteiger partial charge in [0.1, 0.15) is 11.5 Å². The Hall–Kier alpha value is -2.66. The van der Waals surface area contributed by atoms with E-state index < -0.39 is 0 Å². The van der Waals surface area contributed by atoms with Crippen molar-refractivity contribution in [1.29, 1.82) is 0 Å². The fourth-order valence-corrected chi connectivity index (χ4v) is 3.99. The number of piperazine rings is 1. The number of carbonyl (C=O) groups is 1. The Kier molecular flexibility index (Phi) is 4.94. The summed E-state index contributed by atoms with van der Waals surface area (Å²) in [5, 5.41) is 1.06. The number of hydrogen-bond acceptors (Lipinski definition) is 2. The summed E-state index contributed by atoms with van der Waals surface area (Å²) >= 11 is 0. The summed E-state index contributed by atoms with van der Waals surface area (Å²) in [7, 11) is 0. The number of fused-ring (bicyclic) bond motifs is 1. The molecule has 0 aliphatic carbocycles. The lowest BCUT2D eigenvalue weighted by atomic mass is 10.0. The van der Waals surface area contributed by atoms with Crippen LogP contribution < -0.4 is 0 Å². The lowest BCUT2D eigenvalue weighted by Gasteiger charge is -2.39. The predicted molar refractivity (Wildman–Crippen MR) is 105 cm³/mol. The molecule has 2 heterocycles. The molecule has 1 N–H and O–H groups in total. The fourth-order valence-electron chi connectivity index (χ4n) is 3.99. The van der Waals surface area contributed by atoms with E-state index in [2.05, 4.69) is 16.8 Å². The number of para-hydroxylation sites is 1. The van der Waals surface area contributed by atoms with Gasteiger partial charge in [-0.05, 0) is 36.2 Å². The van der Waals surface area contributed by atoms with Gasteiger partial charge in [-0.1, -0.05) is 37.3 Å². The molecule has 1 amide bonds. The monoisotopic (exact) mass is 365 g/mol. The molecule has 1 aliphatic heterocycles. The Balaban J connectivity index is 1.43. The standard InChI is InChI=1S/C22H24FN3O/c1-2-21(16-7-9-18(23)10-8-16)25-11-13-26(14-12-25)22(27)20-15-17-5-3-4-6-19(17)24-20/h3-10,15,21,24H,2,11-14H2,1H3. The third-order valence-electron chi connectivity index (χ3n) is 5.44. The molecule has 27 heavy (non-hydrogen) atoms. The number of benzene rings is 2. The molecule has 1 atom stereocenters. The normalized spacial score (nSPS) is 16.6. The number of nitrogens with zero attached hydrogens (tertiary/aromatic N) is 2. The Labute approximate surface area is 158 Å². The number of aromatic amines is 1. The molecule has 0 saturated carbocycles. The van der Waals surface area contributed by atoms with Crippen LogP contribution in [0, 0.1) is 5.82 Å². The molecule has 0 bridgehead atoms. The van der Waals surface area contributed by atoms with Crippen molar-refractivity contribution in [2.24, 2.45) is 0 Å². The highest BCUT2D eigenvalue weighted by molar-refractivity contribution is 5.98. The zero-order chi connectivity index (χ0) is 18.8. The average Bonchev–Trinajstić information content (AvgIpc) is 3.14. The van der Waals surface area contributed by atoms with Crippen molar-refractivity contribution in [3.05, 3.63) is 71.7 Å². The molecule has 4 nitrogen and oxygen atoms in total. The van der Waals surface area contributed by atoms with Crippen molar-refractivity contribution in [2.75, 3.05) is 26.2 Å². The quantitative estimate of drug-likeness (QED) is 0.752. The maximum absolute atomic E-state index is 13.2. The number of rotatable bonds is 4. The lowest BCUT2D eigenvalue weighted by Crippen LogP contribution is -2.49. The summed E-state index contributed by atoms with van der Waals surface area (Å²) in [6, 6.07) is 16.9. The molecule has 1 aromatic heterocycles. The van der Waals surface area contributed by atoms with E-state index in [0.29, 0.717) is 18.8 Å². The zero-order valence-corrected chi connectivity index (χ0v) is 15.5. The molecular weight excluding hydrogens is 341 g/mol. The van der Waals surface area contributed by atoms with Crippen LogP contribution in [-0.4, -0.2) is 46.9 Å². The van der Waals surface area contributed by atoms with Crippen LogP contribution in [0.2, 0.25) is 0 Å². The first-order chi connectivity index (χ1) is 13.2. The van der Waals surface area contributed by atoms with Gasteiger partial charge in [0.25, 0.3) is 5.91 Å². The van der Waals surface area contributed by atoms with Crippen LogP contribution >= 0.6 is 0 Å². The molecule has 1 unspecified atom stereocenters. The molecule has 2 aromatic carbocycles. The van der Waals surface area contributed by atoms with E-state index in [-0.39, 0.29) is 17.8 Å². The van der Waals surface area contributed by atoms with Crippen LogP contribution in [0.1, 0.15) is 35.4 Å². The highest BCUT2D eigenvalue weighted by Gasteiger charge is 2.27. The number of carbonyl (C=O) groups excluding carboxylic acids is 1. The van der Waals surface area contributed by atoms with E-state index in [1.807, 2.05) is 47.4 Å². The Morgan fingerprint density at radius 2 is 1.78 bits per heavy atom. The maximum Gasteiger partial charge on any atom is 0.270 e. The number of halogens is 1. The number of nitrogens with one attached hydrogen (secondary N) is 1. The number of aromatic nitrogens is 1. The molecule has 1 aliphatic rings. The summed E-state index contributed by atoms with van der Waals surface area (Å²) in [6.07, 6.45) is 0.960. The third kappa shape index (κ3) is 3.60. The molecule has 0 spiro atoms. The summed E-state index contributed by atoms with van der Waals surface area (Å²) in [5.41, 5.74) is 2.77. The van der Waals surface area contributed by atoms with Gasteiger partial charge in [-0.3, -0.25) is 9.69 Å². The van der Waals surface area contributed by atoms with E-state index >= 15 is 0 Å². The van der Waals surface area contributed by atoms with Crippen molar-refractivity contribution >= 4 is 16.8 Å². The van der Waals surface area contributed by atoms with E-state index in [1.54, 1.807) is 0 Å². The molecule has 3 aromatic rings. The van der Waals surface area contributed by atoms with Crippen molar-refractivity contribution in [3.8, 4) is 0 Å². The second-order valence-electron chi connectivity index (χ2n) is 7.07. The van der Waals surface area contributed by atoms with Gasteiger partial charge in [0.2, 0.25) is 0 Å². The largest absolute Gasteiger partial charge is 0.351 e. The molecule has 1 fully saturated rings. The minimum atomic E-state index is -0.206. The van der Waals surface area contributed by atoms with Gasteiger partial charge in [0.05, 0.1) is 0 Å². The van der Waals surface area contributed by atoms with Crippen LogP contribution in [-0.2, 0) is 0 Å². The first-order valence-electron chi connectivity index (χ1n) is 9.52. The smallest absolute Gasteiger partial charge is 0.270 e. The SMILES string of the molecule is CCC(c1ccc(F)cc1)N1CCN(C(=O)c2cc3ccccc3[nH]2)CC1.